The van der Waals surface area contributed by atoms with Crippen LogP contribution in [0.2, 0.25) is 15.1 Å². The summed E-state index contributed by atoms with van der Waals surface area (Å²) in [5, 5.41) is 12.9. The molecule has 0 fully saturated rings. The summed E-state index contributed by atoms with van der Waals surface area (Å²) >= 11 is 17.5. The number of hydrogen-bond donors (Lipinski definition) is 2. The van der Waals surface area contributed by atoms with E-state index in [1.807, 2.05) is 0 Å². The molecule has 1 aromatic rings. The van der Waals surface area contributed by atoms with Crippen molar-refractivity contribution in [3.8, 4) is 0 Å². The highest BCUT2D eigenvalue weighted by atomic mass is 35.5. The zero-order valence-electron chi connectivity index (χ0n) is 11.0. The van der Waals surface area contributed by atoms with Crippen LogP contribution in [0.15, 0.2) is 6.20 Å². The SMILES string of the molecule is CC(C)(O)C(C)(C)NC(=O)c1ncc(Cl)c(Cl)c1Cl. The van der Waals surface area contributed by atoms with E-state index >= 15 is 0 Å². The van der Waals surface area contributed by atoms with E-state index in [-0.39, 0.29) is 20.8 Å². The van der Waals surface area contributed by atoms with E-state index < -0.39 is 17.0 Å². The van der Waals surface area contributed by atoms with Gasteiger partial charge in [0.05, 0.1) is 26.2 Å². The lowest BCUT2D eigenvalue weighted by Gasteiger charge is -2.37. The first kappa shape index (κ1) is 16.5. The van der Waals surface area contributed by atoms with Crippen LogP contribution in [-0.2, 0) is 0 Å². The van der Waals surface area contributed by atoms with Crippen molar-refractivity contribution in [1.82, 2.24) is 10.3 Å². The predicted molar refractivity (Wildman–Crippen MR) is 77.1 cm³/mol. The Morgan fingerprint density at radius 2 is 1.74 bits per heavy atom. The molecule has 1 heterocycles. The number of halogens is 3. The molecule has 0 bridgehead atoms. The summed E-state index contributed by atoms with van der Waals surface area (Å²) < 4.78 is 0. The highest BCUT2D eigenvalue weighted by Gasteiger charge is 2.37. The zero-order valence-corrected chi connectivity index (χ0v) is 13.3. The van der Waals surface area contributed by atoms with Crippen LogP contribution in [-0.4, -0.2) is 27.1 Å². The average Bonchev–Trinajstić information content (AvgIpc) is 2.23. The number of aromatic nitrogens is 1. The Morgan fingerprint density at radius 3 is 2.21 bits per heavy atom. The first-order valence-electron chi connectivity index (χ1n) is 5.52. The lowest BCUT2D eigenvalue weighted by atomic mass is 9.86. The molecule has 1 rings (SSSR count). The maximum Gasteiger partial charge on any atom is 0.271 e. The van der Waals surface area contributed by atoms with Gasteiger partial charge in [-0.05, 0) is 27.7 Å². The number of hydrogen-bond acceptors (Lipinski definition) is 3. The molecule has 0 aliphatic rings. The molecule has 0 aliphatic carbocycles. The Labute approximate surface area is 127 Å². The van der Waals surface area contributed by atoms with Crippen molar-refractivity contribution in [2.45, 2.75) is 38.8 Å². The van der Waals surface area contributed by atoms with E-state index in [0.717, 1.165) is 0 Å². The highest BCUT2D eigenvalue weighted by molar-refractivity contribution is 6.48. The van der Waals surface area contributed by atoms with E-state index in [0.29, 0.717) is 0 Å². The van der Waals surface area contributed by atoms with Gasteiger partial charge in [-0.3, -0.25) is 4.79 Å². The third-order valence-electron chi connectivity index (χ3n) is 3.09. The molecule has 0 aromatic carbocycles. The molecule has 4 nitrogen and oxygen atoms in total. The van der Waals surface area contributed by atoms with Gasteiger partial charge < -0.3 is 10.4 Å². The van der Waals surface area contributed by atoms with Crippen LogP contribution in [0.3, 0.4) is 0 Å². The van der Waals surface area contributed by atoms with Gasteiger partial charge in [0.15, 0.2) is 0 Å². The van der Waals surface area contributed by atoms with Gasteiger partial charge >= 0.3 is 0 Å². The molecule has 0 spiro atoms. The fourth-order valence-corrected chi connectivity index (χ4v) is 1.66. The van der Waals surface area contributed by atoms with Gasteiger partial charge in [-0.1, -0.05) is 34.8 Å². The molecular weight excluding hydrogens is 311 g/mol. The second-order valence-corrected chi connectivity index (χ2v) is 6.38. The van der Waals surface area contributed by atoms with Gasteiger partial charge in [0.2, 0.25) is 0 Å². The molecule has 0 aliphatic heterocycles. The van der Waals surface area contributed by atoms with Crippen LogP contribution in [0, 0.1) is 0 Å². The Balaban J connectivity index is 3.07. The van der Waals surface area contributed by atoms with E-state index in [4.69, 9.17) is 34.8 Å². The predicted octanol–water partition coefficient (Wildman–Crippen LogP) is 3.32. The van der Waals surface area contributed by atoms with Crippen LogP contribution in [0.1, 0.15) is 38.2 Å². The summed E-state index contributed by atoms with van der Waals surface area (Å²) in [5.74, 6) is -0.532. The third kappa shape index (κ3) is 3.51. The maximum absolute atomic E-state index is 12.1. The molecule has 19 heavy (non-hydrogen) atoms. The van der Waals surface area contributed by atoms with Crippen molar-refractivity contribution in [3.05, 3.63) is 27.0 Å². The minimum atomic E-state index is -1.12. The standard InChI is InChI=1S/C12H15Cl3N2O2/c1-11(2,12(3,4)19)17-10(18)9-8(15)7(14)6(13)5-16-9/h5,19H,1-4H3,(H,17,18). The summed E-state index contributed by atoms with van der Waals surface area (Å²) in [6, 6.07) is 0. The van der Waals surface area contributed by atoms with E-state index in [1.165, 1.54) is 6.20 Å². The highest BCUT2D eigenvalue weighted by Crippen LogP contribution is 2.31. The lowest BCUT2D eigenvalue weighted by molar-refractivity contribution is -0.00302. The number of carbonyl (C=O) groups excluding carboxylic acids is 1. The first-order valence-corrected chi connectivity index (χ1v) is 6.65. The van der Waals surface area contributed by atoms with Crippen molar-refractivity contribution in [2.75, 3.05) is 0 Å². The molecule has 106 valence electrons. The van der Waals surface area contributed by atoms with Crippen LogP contribution >= 0.6 is 34.8 Å². The van der Waals surface area contributed by atoms with Gasteiger partial charge in [0.1, 0.15) is 5.69 Å². The quantitative estimate of drug-likeness (QED) is 0.896. The number of nitrogens with zero attached hydrogens (tertiary/aromatic N) is 1. The number of carbonyl (C=O) groups is 1. The van der Waals surface area contributed by atoms with E-state index in [1.54, 1.807) is 27.7 Å². The summed E-state index contributed by atoms with van der Waals surface area (Å²) in [6.07, 6.45) is 1.25. The van der Waals surface area contributed by atoms with Crippen LogP contribution in [0.4, 0.5) is 0 Å². The van der Waals surface area contributed by atoms with Gasteiger partial charge in [-0.2, -0.15) is 0 Å². The molecule has 0 saturated carbocycles. The van der Waals surface area contributed by atoms with Crippen molar-refractivity contribution in [1.29, 1.82) is 0 Å². The second-order valence-electron chi connectivity index (χ2n) is 5.22. The molecule has 2 N–H and O–H groups in total. The van der Waals surface area contributed by atoms with Crippen molar-refractivity contribution >= 4 is 40.7 Å². The molecule has 7 heteroatoms. The second kappa shape index (κ2) is 5.44. The van der Waals surface area contributed by atoms with Gasteiger partial charge in [-0.15, -0.1) is 0 Å². The summed E-state index contributed by atoms with van der Waals surface area (Å²) in [5.41, 5.74) is -2.03. The van der Waals surface area contributed by atoms with Crippen molar-refractivity contribution < 1.29 is 9.90 Å². The van der Waals surface area contributed by atoms with Gasteiger partial charge in [-0.25, -0.2) is 4.98 Å². The molecule has 0 saturated heterocycles. The minimum Gasteiger partial charge on any atom is -0.388 e. The van der Waals surface area contributed by atoms with Crippen LogP contribution in [0.25, 0.3) is 0 Å². The Morgan fingerprint density at radius 1 is 1.21 bits per heavy atom. The van der Waals surface area contributed by atoms with Gasteiger partial charge in [0, 0.05) is 6.20 Å². The normalized spacial score (nSPS) is 12.4. The largest absolute Gasteiger partial charge is 0.388 e. The Hall–Kier alpha value is -0.550. The van der Waals surface area contributed by atoms with E-state index in [2.05, 4.69) is 10.3 Å². The Kier molecular flexibility index (Phi) is 4.73. The Bertz CT molecular complexity index is 510. The lowest BCUT2D eigenvalue weighted by Crippen LogP contribution is -2.57. The molecule has 0 atom stereocenters. The number of nitrogens with one attached hydrogen (secondary N) is 1. The third-order valence-corrected chi connectivity index (χ3v) is 4.33. The number of aliphatic hydroxyl groups is 1. The van der Waals surface area contributed by atoms with Crippen LogP contribution in [0.5, 0.6) is 0 Å². The summed E-state index contributed by atoms with van der Waals surface area (Å²) in [4.78, 5) is 16.0. The monoisotopic (exact) mass is 324 g/mol. The topological polar surface area (TPSA) is 62.2 Å². The molecular formula is C12H15Cl3N2O2. The zero-order chi connectivity index (χ0) is 15.0. The maximum atomic E-state index is 12.1. The smallest absolute Gasteiger partial charge is 0.271 e. The minimum absolute atomic E-state index is 0.0155. The fourth-order valence-electron chi connectivity index (χ4n) is 1.10. The first-order chi connectivity index (χ1) is 8.47. The van der Waals surface area contributed by atoms with E-state index in [9.17, 15) is 9.90 Å². The number of rotatable bonds is 3. The van der Waals surface area contributed by atoms with Gasteiger partial charge in [0.25, 0.3) is 5.91 Å². The van der Waals surface area contributed by atoms with Crippen LogP contribution < -0.4 is 5.32 Å². The molecule has 1 aromatic heterocycles. The van der Waals surface area contributed by atoms with Crippen molar-refractivity contribution in [2.24, 2.45) is 0 Å². The fraction of sp³-hybridized carbons (Fsp3) is 0.500. The molecule has 0 unspecified atom stereocenters. The van der Waals surface area contributed by atoms with Crippen molar-refractivity contribution in [3.63, 3.8) is 0 Å². The average molecular weight is 326 g/mol. The molecule has 0 radical (unpaired) electrons. The number of pyridine rings is 1. The summed E-state index contributed by atoms with van der Waals surface area (Å²) in [6.45, 7) is 6.57. The summed E-state index contributed by atoms with van der Waals surface area (Å²) in [7, 11) is 0. The number of amides is 1. The molecule has 1 amide bonds.